The lowest BCUT2D eigenvalue weighted by Crippen LogP contribution is -2.40. The standard InChI is InChI=1S/C12H18N2O2S/c13-16-9-10-3-5-14(6-4-10)12(15)8-11-2-1-7-17-11/h1-2,7,10H,3-6,8-9,13H2. The van der Waals surface area contributed by atoms with E-state index in [0.29, 0.717) is 18.9 Å². The molecule has 0 saturated carbocycles. The number of nitrogens with zero attached hydrogens (tertiary/aromatic N) is 1. The molecule has 1 saturated heterocycles. The fourth-order valence-corrected chi connectivity index (χ4v) is 2.86. The predicted molar refractivity (Wildman–Crippen MR) is 67.5 cm³/mol. The van der Waals surface area contributed by atoms with Crippen molar-refractivity contribution >= 4 is 17.2 Å². The molecule has 0 aliphatic carbocycles. The number of likely N-dealkylation sites (tertiary alicyclic amines) is 1. The maximum absolute atomic E-state index is 12.0. The molecule has 5 heteroatoms. The minimum Gasteiger partial charge on any atom is -0.342 e. The van der Waals surface area contributed by atoms with Gasteiger partial charge in [-0.05, 0) is 30.2 Å². The monoisotopic (exact) mass is 254 g/mol. The van der Waals surface area contributed by atoms with Crippen molar-refractivity contribution in [1.29, 1.82) is 0 Å². The molecule has 2 heterocycles. The van der Waals surface area contributed by atoms with Crippen LogP contribution < -0.4 is 5.90 Å². The van der Waals surface area contributed by atoms with E-state index in [4.69, 9.17) is 5.90 Å². The van der Waals surface area contributed by atoms with Gasteiger partial charge in [-0.3, -0.25) is 4.79 Å². The summed E-state index contributed by atoms with van der Waals surface area (Å²) in [5.41, 5.74) is 0. The Bertz CT molecular complexity index is 345. The lowest BCUT2D eigenvalue weighted by molar-refractivity contribution is -0.132. The molecule has 4 nitrogen and oxygen atoms in total. The van der Waals surface area contributed by atoms with Crippen LogP contribution in [0.4, 0.5) is 0 Å². The highest BCUT2D eigenvalue weighted by Gasteiger charge is 2.22. The summed E-state index contributed by atoms with van der Waals surface area (Å²) in [4.78, 5) is 19.8. The van der Waals surface area contributed by atoms with E-state index in [0.717, 1.165) is 30.8 Å². The van der Waals surface area contributed by atoms with Crippen LogP contribution in [0.25, 0.3) is 0 Å². The van der Waals surface area contributed by atoms with Crippen molar-refractivity contribution in [3.05, 3.63) is 22.4 Å². The lowest BCUT2D eigenvalue weighted by atomic mass is 9.97. The highest BCUT2D eigenvalue weighted by Crippen LogP contribution is 2.18. The number of hydrogen-bond acceptors (Lipinski definition) is 4. The highest BCUT2D eigenvalue weighted by molar-refractivity contribution is 7.10. The van der Waals surface area contributed by atoms with Gasteiger partial charge in [-0.25, -0.2) is 5.90 Å². The summed E-state index contributed by atoms with van der Waals surface area (Å²) in [6, 6.07) is 4.00. The zero-order valence-electron chi connectivity index (χ0n) is 9.80. The quantitative estimate of drug-likeness (QED) is 0.827. The Morgan fingerprint density at radius 1 is 1.53 bits per heavy atom. The number of carbonyl (C=O) groups excluding carboxylic acids is 1. The third kappa shape index (κ3) is 3.52. The Balaban J connectivity index is 1.78. The Morgan fingerprint density at radius 3 is 2.88 bits per heavy atom. The van der Waals surface area contributed by atoms with Gasteiger partial charge in [0.15, 0.2) is 0 Å². The molecule has 1 aliphatic heterocycles. The van der Waals surface area contributed by atoms with Crippen LogP contribution in [0.5, 0.6) is 0 Å². The smallest absolute Gasteiger partial charge is 0.227 e. The van der Waals surface area contributed by atoms with Crippen LogP contribution >= 0.6 is 11.3 Å². The molecule has 17 heavy (non-hydrogen) atoms. The maximum atomic E-state index is 12.0. The first-order chi connectivity index (χ1) is 8.29. The summed E-state index contributed by atoms with van der Waals surface area (Å²) in [6.45, 7) is 2.27. The predicted octanol–water partition coefficient (Wildman–Crippen LogP) is 1.42. The highest BCUT2D eigenvalue weighted by atomic mass is 32.1. The molecular weight excluding hydrogens is 236 g/mol. The van der Waals surface area contributed by atoms with Gasteiger partial charge in [0.05, 0.1) is 13.0 Å². The van der Waals surface area contributed by atoms with Crippen LogP contribution in [-0.4, -0.2) is 30.5 Å². The molecule has 94 valence electrons. The molecule has 0 aromatic carbocycles. The molecule has 1 fully saturated rings. The van der Waals surface area contributed by atoms with E-state index in [2.05, 4.69) is 4.84 Å². The third-order valence-electron chi connectivity index (χ3n) is 3.20. The van der Waals surface area contributed by atoms with Crippen molar-refractivity contribution in [1.82, 2.24) is 4.90 Å². The van der Waals surface area contributed by atoms with E-state index >= 15 is 0 Å². The summed E-state index contributed by atoms with van der Waals surface area (Å²) < 4.78 is 0. The molecule has 1 aromatic heterocycles. The van der Waals surface area contributed by atoms with E-state index in [9.17, 15) is 4.79 Å². The second-order valence-corrected chi connectivity index (χ2v) is 5.45. The van der Waals surface area contributed by atoms with Crippen LogP contribution in [0.1, 0.15) is 17.7 Å². The van der Waals surface area contributed by atoms with E-state index < -0.39 is 0 Å². The van der Waals surface area contributed by atoms with Crippen molar-refractivity contribution < 1.29 is 9.63 Å². The lowest BCUT2D eigenvalue weighted by Gasteiger charge is -2.31. The van der Waals surface area contributed by atoms with Crippen molar-refractivity contribution in [2.45, 2.75) is 19.3 Å². The topological polar surface area (TPSA) is 55.6 Å². The summed E-state index contributed by atoms with van der Waals surface area (Å²) in [7, 11) is 0. The molecule has 0 unspecified atom stereocenters. The minimum absolute atomic E-state index is 0.236. The van der Waals surface area contributed by atoms with Crippen LogP contribution in [0.2, 0.25) is 0 Å². The first-order valence-electron chi connectivity index (χ1n) is 5.91. The minimum atomic E-state index is 0.236. The van der Waals surface area contributed by atoms with Crippen molar-refractivity contribution in [3.63, 3.8) is 0 Å². The number of thiophene rings is 1. The number of hydrogen-bond donors (Lipinski definition) is 1. The van der Waals surface area contributed by atoms with Gasteiger partial charge in [0, 0.05) is 18.0 Å². The number of nitrogens with two attached hydrogens (primary N) is 1. The van der Waals surface area contributed by atoms with Crippen LogP contribution in [-0.2, 0) is 16.1 Å². The first-order valence-corrected chi connectivity index (χ1v) is 6.79. The van der Waals surface area contributed by atoms with Gasteiger partial charge in [-0.2, -0.15) is 0 Å². The molecule has 0 radical (unpaired) electrons. The van der Waals surface area contributed by atoms with Crippen LogP contribution in [0.15, 0.2) is 17.5 Å². The normalized spacial score (nSPS) is 17.4. The number of carbonyl (C=O) groups is 1. The van der Waals surface area contributed by atoms with Gasteiger partial charge >= 0.3 is 0 Å². The molecule has 1 amide bonds. The Labute approximate surface area is 105 Å². The van der Waals surface area contributed by atoms with Crippen LogP contribution in [0.3, 0.4) is 0 Å². The van der Waals surface area contributed by atoms with Crippen molar-refractivity contribution in [2.75, 3.05) is 19.7 Å². The average molecular weight is 254 g/mol. The van der Waals surface area contributed by atoms with Gasteiger partial charge in [0.25, 0.3) is 0 Å². The molecule has 0 bridgehead atoms. The maximum Gasteiger partial charge on any atom is 0.227 e. The number of rotatable bonds is 4. The number of amides is 1. The van der Waals surface area contributed by atoms with E-state index in [1.165, 1.54) is 0 Å². The second-order valence-electron chi connectivity index (χ2n) is 4.41. The molecular formula is C12H18N2O2S. The Hall–Kier alpha value is -0.910. The first kappa shape index (κ1) is 12.5. The second kappa shape index (κ2) is 6.14. The molecule has 2 rings (SSSR count). The van der Waals surface area contributed by atoms with Gasteiger partial charge in [0.1, 0.15) is 0 Å². The zero-order chi connectivity index (χ0) is 12.1. The fraction of sp³-hybridized carbons (Fsp3) is 0.583. The summed E-state index contributed by atoms with van der Waals surface area (Å²) in [5.74, 6) is 5.81. The zero-order valence-corrected chi connectivity index (χ0v) is 10.6. The molecule has 0 spiro atoms. The molecule has 1 aliphatic rings. The molecule has 2 N–H and O–H groups in total. The Kier molecular flexibility index (Phi) is 4.53. The van der Waals surface area contributed by atoms with E-state index in [1.807, 2.05) is 22.4 Å². The van der Waals surface area contributed by atoms with E-state index in [-0.39, 0.29) is 5.91 Å². The summed E-state index contributed by atoms with van der Waals surface area (Å²) in [6.07, 6.45) is 2.52. The van der Waals surface area contributed by atoms with Gasteiger partial charge < -0.3 is 9.74 Å². The Morgan fingerprint density at radius 2 is 2.29 bits per heavy atom. The van der Waals surface area contributed by atoms with Crippen molar-refractivity contribution in [3.8, 4) is 0 Å². The average Bonchev–Trinajstić information content (AvgIpc) is 2.83. The largest absolute Gasteiger partial charge is 0.342 e. The SMILES string of the molecule is NOCC1CCN(C(=O)Cc2cccs2)CC1. The van der Waals surface area contributed by atoms with Gasteiger partial charge in [-0.15, -0.1) is 11.3 Å². The van der Waals surface area contributed by atoms with Gasteiger partial charge in [0.2, 0.25) is 5.91 Å². The van der Waals surface area contributed by atoms with Crippen LogP contribution in [0, 0.1) is 5.92 Å². The summed E-state index contributed by atoms with van der Waals surface area (Å²) >= 11 is 1.64. The fourth-order valence-electron chi connectivity index (χ4n) is 2.16. The van der Waals surface area contributed by atoms with Crippen molar-refractivity contribution in [2.24, 2.45) is 11.8 Å². The molecule has 0 atom stereocenters. The number of piperidine rings is 1. The van der Waals surface area contributed by atoms with E-state index in [1.54, 1.807) is 11.3 Å². The molecule has 1 aromatic rings. The third-order valence-corrected chi connectivity index (χ3v) is 4.08. The van der Waals surface area contributed by atoms with Gasteiger partial charge in [-0.1, -0.05) is 6.07 Å². The summed E-state index contributed by atoms with van der Waals surface area (Å²) in [5, 5.41) is 2.01.